The molecule has 144 valence electrons. The van der Waals surface area contributed by atoms with E-state index in [1.165, 1.54) is 11.8 Å². The highest BCUT2D eigenvalue weighted by Gasteiger charge is 2.21. The van der Waals surface area contributed by atoms with Crippen LogP contribution in [0.15, 0.2) is 53.7 Å². The quantitative estimate of drug-likeness (QED) is 0.636. The summed E-state index contributed by atoms with van der Waals surface area (Å²) >= 11 is 1.28. The predicted octanol–water partition coefficient (Wildman–Crippen LogP) is 2.02. The highest BCUT2D eigenvalue weighted by atomic mass is 32.2. The van der Waals surface area contributed by atoms with Crippen molar-refractivity contribution in [3.05, 3.63) is 54.1 Å². The molecule has 1 amide bonds. The summed E-state index contributed by atoms with van der Waals surface area (Å²) in [6.45, 7) is 2.79. The smallest absolute Gasteiger partial charge is 0.230 e. The van der Waals surface area contributed by atoms with Crippen molar-refractivity contribution in [1.82, 2.24) is 25.5 Å². The topological polar surface area (TPSA) is 91.2 Å². The van der Waals surface area contributed by atoms with Crippen LogP contribution in [0.1, 0.15) is 5.56 Å². The number of nitrogens with zero attached hydrogens (tertiary/aromatic N) is 4. The van der Waals surface area contributed by atoms with Crippen molar-refractivity contribution in [1.29, 1.82) is 0 Å². The summed E-state index contributed by atoms with van der Waals surface area (Å²) in [5.74, 6) is 1.50. The Bertz CT molecular complexity index is 960. The van der Waals surface area contributed by atoms with Crippen LogP contribution in [-0.4, -0.2) is 51.1 Å². The molecule has 0 saturated heterocycles. The molecule has 1 aliphatic rings. The summed E-state index contributed by atoms with van der Waals surface area (Å²) in [5, 5.41) is 15.1. The highest BCUT2D eigenvalue weighted by molar-refractivity contribution is 7.99. The van der Waals surface area contributed by atoms with Crippen LogP contribution in [0.4, 0.5) is 0 Å². The number of para-hydroxylation sites is 2. The maximum Gasteiger partial charge on any atom is 0.230 e. The molecule has 1 N–H and O–H groups in total. The number of hydrogen-bond donors (Lipinski definition) is 1. The van der Waals surface area contributed by atoms with E-state index >= 15 is 0 Å². The number of amides is 1. The molecular formula is C19H19N5O3S. The molecule has 1 unspecified atom stereocenters. The van der Waals surface area contributed by atoms with Crippen molar-refractivity contribution < 1.29 is 14.3 Å². The molecule has 28 heavy (non-hydrogen) atoms. The van der Waals surface area contributed by atoms with E-state index in [9.17, 15) is 4.79 Å². The average molecular weight is 397 g/mol. The van der Waals surface area contributed by atoms with Crippen molar-refractivity contribution >= 4 is 17.7 Å². The first-order chi connectivity index (χ1) is 13.7. The molecule has 0 fully saturated rings. The SMILES string of the molecule is Cc1ccc(-n2nnnc2SCC(=O)NCC2COc3ccccc3O2)cc1. The maximum atomic E-state index is 12.2. The van der Waals surface area contributed by atoms with Gasteiger partial charge in [0.25, 0.3) is 0 Å². The van der Waals surface area contributed by atoms with E-state index in [0.717, 1.165) is 17.0 Å². The second-order valence-corrected chi connectivity index (χ2v) is 7.24. The van der Waals surface area contributed by atoms with Crippen LogP contribution in [0.2, 0.25) is 0 Å². The summed E-state index contributed by atoms with van der Waals surface area (Å²) < 4.78 is 13.1. The Labute approximate surface area is 166 Å². The van der Waals surface area contributed by atoms with Crippen molar-refractivity contribution in [3.8, 4) is 17.2 Å². The second kappa shape index (κ2) is 8.30. The summed E-state index contributed by atoms with van der Waals surface area (Å²) in [6, 6.07) is 15.3. The first-order valence-electron chi connectivity index (χ1n) is 8.82. The lowest BCUT2D eigenvalue weighted by Gasteiger charge is -2.26. The third-order valence-corrected chi connectivity index (χ3v) is 5.07. The first-order valence-corrected chi connectivity index (χ1v) is 9.81. The third-order valence-electron chi connectivity index (χ3n) is 4.15. The van der Waals surface area contributed by atoms with Gasteiger partial charge in [0, 0.05) is 0 Å². The molecule has 2 aromatic carbocycles. The lowest BCUT2D eigenvalue weighted by molar-refractivity contribution is -0.119. The number of nitrogens with one attached hydrogen (secondary N) is 1. The minimum Gasteiger partial charge on any atom is -0.486 e. The van der Waals surface area contributed by atoms with E-state index in [-0.39, 0.29) is 17.8 Å². The molecule has 1 aromatic heterocycles. The zero-order chi connectivity index (χ0) is 19.3. The number of aryl methyl sites for hydroxylation is 1. The Morgan fingerprint density at radius 1 is 1.21 bits per heavy atom. The van der Waals surface area contributed by atoms with Gasteiger partial charge in [-0.25, -0.2) is 0 Å². The predicted molar refractivity (Wildman–Crippen MR) is 104 cm³/mol. The molecule has 8 nitrogen and oxygen atoms in total. The molecular weight excluding hydrogens is 378 g/mol. The molecule has 0 spiro atoms. The zero-order valence-electron chi connectivity index (χ0n) is 15.2. The summed E-state index contributed by atoms with van der Waals surface area (Å²) in [5.41, 5.74) is 2.01. The van der Waals surface area contributed by atoms with Gasteiger partial charge in [0.1, 0.15) is 12.7 Å². The summed E-state index contributed by atoms with van der Waals surface area (Å²) in [4.78, 5) is 12.2. The largest absolute Gasteiger partial charge is 0.486 e. The second-order valence-electron chi connectivity index (χ2n) is 6.30. The minimum absolute atomic E-state index is 0.120. The maximum absolute atomic E-state index is 12.2. The number of ether oxygens (including phenoxy) is 2. The fourth-order valence-corrected chi connectivity index (χ4v) is 3.41. The van der Waals surface area contributed by atoms with Gasteiger partial charge < -0.3 is 14.8 Å². The molecule has 0 aliphatic carbocycles. The van der Waals surface area contributed by atoms with Gasteiger partial charge in [0.05, 0.1) is 18.0 Å². The van der Waals surface area contributed by atoms with E-state index in [1.54, 1.807) is 4.68 Å². The van der Waals surface area contributed by atoms with Gasteiger partial charge in [-0.15, -0.1) is 5.10 Å². The third kappa shape index (κ3) is 4.25. The molecule has 0 saturated carbocycles. The van der Waals surface area contributed by atoms with Gasteiger partial charge >= 0.3 is 0 Å². The van der Waals surface area contributed by atoms with Crippen LogP contribution >= 0.6 is 11.8 Å². The fraction of sp³-hybridized carbons (Fsp3) is 0.263. The molecule has 0 bridgehead atoms. The number of rotatable bonds is 6. The average Bonchev–Trinajstić information content (AvgIpc) is 3.20. The van der Waals surface area contributed by atoms with Gasteiger partial charge in [0.2, 0.25) is 11.1 Å². The van der Waals surface area contributed by atoms with E-state index in [2.05, 4.69) is 20.8 Å². The van der Waals surface area contributed by atoms with Crippen LogP contribution in [0.25, 0.3) is 5.69 Å². The number of hydrogen-bond acceptors (Lipinski definition) is 7. The van der Waals surface area contributed by atoms with Crippen LogP contribution in [0.3, 0.4) is 0 Å². The molecule has 3 aromatic rings. The standard InChI is InChI=1S/C19H19N5O3S/c1-13-6-8-14(9-7-13)24-19(21-22-23-24)28-12-18(25)20-10-15-11-26-16-4-2-3-5-17(16)27-15/h2-9,15H,10-12H2,1H3,(H,20,25). The summed E-state index contributed by atoms with van der Waals surface area (Å²) in [7, 11) is 0. The number of thioether (sulfide) groups is 1. The molecule has 4 rings (SSSR count). The zero-order valence-corrected chi connectivity index (χ0v) is 16.1. The van der Waals surface area contributed by atoms with Crippen molar-refractivity contribution in [2.45, 2.75) is 18.2 Å². The number of carbonyl (C=O) groups is 1. The number of tetrazole rings is 1. The van der Waals surface area contributed by atoms with E-state index in [0.29, 0.717) is 24.1 Å². The van der Waals surface area contributed by atoms with Gasteiger partial charge in [-0.3, -0.25) is 4.79 Å². The van der Waals surface area contributed by atoms with Crippen LogP contribution in [-0.2, 0) is 4.79 Å². The summed E-state index contributed by atoms with van der Waals surface area (Å²) in [6.07, 6.45) is -0.221. The number of aromatic nitrogens is 4. The number of fused-ring (bicyclic) bond motifs is 1. The number of benzene rings is 2. The van der Waals surface area contributed by atoms with Crippen LogP contribution in [0.5, 0.6) is 11.5 Å². The molecule has 1 aliphatic heterocycles. The van der Waals surface area contributed by atoms with E-state index in [1.807, 2.05) is 55.5 Å². The Balaban J connectivity index is 1.28. The molecule has 2 heterocycles. The van der Waals surface area contributed by atoms with Crippen molar-refractivity contribution in [3.63, 3.8) is 0 Å². The molecule has 1 atom stereocenters. The molecule has 9 heteroatoms. The lowest BCUT2D eigenvalue weighted by atomic mass is 10.2. The van der Waals surface area contributed by atoms with E-state index in [4.69, 9.17) is 9.47 Å². The van der Waals surface area contributed by atoms with Gasteiger partial charge in [-0.1, -0.05) is 41.6 Å². The van der Waals surface area contributed by atoms with Gasteiger partial charge in [-0.2, -0.15) is 4.68 Å². The first kappa shape index (κ1) is 18.3. The Morgan fingerprint density at radius 2 is 2.00 bits per heavy atom. The van der Waals surface area contributed by atoms with Gasteiger partial charge in [0.15, 0.2) is 11.5 Å². The Kier molecular flexibility index (Phi) is 5.43. The van der Waals surface area contributed by atoms with Crippen molar-refractivity contribution in [2.75, 3.05) is 18.9 Å². The van der Waals surface area contributed by atoms with Crippen LogP contribution < -0.4 is 14.8 Å². The Morgan fingerprint density at radius 3 is 2.82 bits per heavy atom. The monoisotopic (exact) mass is 397 g/mol. The highest BCUT2D eigenvalue weighted by Crippen LogP contribution is 2.30. The van der Waals surface area contributed by atoms with Crippen LogP contribution in [0, 0.1) is 6.92 Å². The molecule has 0 radical (unpaired) electrons. The van der Waals surface area contributed by atoms with Gasteiger partial charge in [-0.05, 0) is 41.6 Å². The van der Waals surface area contributed by atoms with E-state index < -0.39 is 0 Å². The lowest BCUT2D eigenvalue weighted by Crippen LogP contribution is -2.41. The number of carbonyl (C=O) groups excluding carboxylic acids is 1. The minimum atomic E-state index is -0.221. The van der Waals surface area contributed by atoms with Crippen molar-refractivity contribution in [2.24, 2.45) is 0 Å². The normalized spacial score (nSPS) is 15.2. The fourth-order valence-electron chi connectivity index (χ4n) is 2.69. The Hall–Kier alpha value is -3.07.